The fourth-order valence-electron chi connectivity index (χ4n) is 2.35. The molecule has 0 spiro atoms. The molecule has 0 aliphatic carbocycles. The van der Waals surface area contributed by atoms with Gasteiger partial charge in [-0.2, -0.15) is 16.8 Å². The van der Waals surface area contributed by atoms with Crippen LogP contribution in [0.2, 0.25) is 0 Å². The summed E-state index contributed by atoms with van der Waals surface area (Å²) in [5, 5.41) is 0. The van der Waals surface area contributed by atoms with Crippen LogP contribution in [0.5, 0.6) is 0 Å². The Morgan fingerprint density at radius 3 is 1.62 bits per heavy atom. The molecule has 2 N–H and O–H groups in total. The molecule has 0 saturated heterocycles. The third kappa shape index (κ3) is 4.88. The van der Waals surface area contributed by atoms with Crippen molar-refractivity contribution in [2.45, 2.75) is 35.5 Å². The van der Waals surface area contributed by atoms with Gasteiger partial charge >= 0.3 is 0 Å². The Hall–Kier alpha value is -1.74. The zero-order valence-electron chi connectivity index (χ0n) is 13.0. The number of hydrogen-bond acceptors (Lipinski definition) is 4. The average Bonchev–Trinajstić information content (AvgIpc) is 2.51. The maximum Gasteiger partial charge on any atom is 0.294 e. The summed E-state index contributed by atoms with van der Waals surface area (Å²) in [6.07, 6.45) is 1.48. The Bertz CT molecular complexity index is 898. The molecule has 0 aliphatic heterocycles. The molecule has 0 aromatic heterocycles. The Morgan fingerprint density at radius 2 is 1.21 bits per heavy atom. The highest BCUT2D eigenvalue weighted by Gasteiger charge is 2.12. The predicted octanol–water partition coefficient (Wildman–Crippen LogP) is 2.92. The van der Waals surface area contributed by atoms with Crippen molar-refractivity contribution in [1.29, 1.82) is 0 Å². The predicted molar refractivity (Wildman–Crippen MR) is 89.2 cm³/mol. The third-order valence-corrected chi connectivity index (χ3v) is 5.57. The van der Waals surface area contributed by atoms with Gasteiger partial charge in [-0.15, -0.1) is 0 Å². The molecule has 130 valence electrons. The minimum Gasteiger partial charge on any atom is -0.282 e. The Morgan fingerprint density at radius 1 is 0.792 bits per heavy atom. The van der Waals surface area contributed by atoms with E-state index in [1.54, 1.807) is 24.3 Å². The van der Waals surface area contributed by atoms with Crippen molar-refractivity contribution >= 4 is 20.2 Å². The lowest BCUT2D eigenvalue weighted by molar-refractivity contribution is 0.481. The van der Waals surface area contributed by atoms with E-state index in [4.69, 9.17) is 9.11 Å². The molecular weight excluding hydrogens is 352 g/mol. The topological polar surface area (TPSA) is 109 Å². The molecule has 6 nitrogen and oxygen atoms in total. The first-order chi connectivity index (χ1) is 11.1. The lowest BCUT2D eigenvalue weighted by Gasteiger charge is -2.12. The van der Waals surface area contributed by atoms with Gasteiger partial charge in [0.25, 0.3) is 20.2 Å². The van der Waals surface area contributed by atoms with E-state index in [2.05, 4.69) is 0 Å². The lowest BCUT2D eigenvalue weighted by Crippen LogP contribution is -2.01. The van der Waals surface area contributed by atoms with E-state index in [1.165, 1.54) is 24.3 Å². The number of hydrogen-bond donors (Lipinski definition) is 2. The molecule has 24 heavy (non-hydrogen) atoms. The number of benzene rings is 2. The van der Waals surface area contributed by atoms with Crippen molar-refractivity contribution in [1.82, 2.24) is 0 Å². The summed E-state index contributed by atoms with van der Waals surface area (Å²) in [5.74, 6) is 0.154. The molecule has 0 amide bonds. The van der Waals surface area contributed by atoms with Gasteiger partial charge in [0.15, 0.2) is 0 Å². The van der Waals surface area contributed by atoms with Gasteiger partial charge < -0.3 is 0 Å². The minimum atomic E-state index is -4.19. The summed E-state index contributed by atoms with van der Waals surface area (Å²) in [5.41, 5.74) is 1.88. The van der Waals surface area contributed by atoms with E-state index in [1.807, 2.05) is 6.92 Å². The fourth-order valence-corrected chi connectivity index (χ4v) is 3.31. The fraction of sp³-hybridized carbons (Fsp3) is 0.250. The summed E-state index contributed by atoms with van der Waals surface area (Å²) in [6.45, 7) is 2.00. The molecule has 0 fully saturated rings. The van der Waals surface area contributed by atoms with Gasteiger partial charge in [-0.05, 0) is 54.2 Å². The zero-order valence-corrected chi connectivity index (χ0v) is 14.6. The second kappa shape index (κ2) is 7.02. The van der Waals surface area contributed by atoms with E-state index in [0.717, 1.165) is 17.5 Å². The van der Waals surface area contributed by atoms with Crippen molar-refractivity contribution < 1.29 is 25.9 Å². The van der Waals surface area contributed by atoms with E-state index in [-0.39, 0.29) is 15.7 Å². The maximum atomic E-state index is 11.0. The van der Waals surface area contributed by atoms with Gasteiger partial charge in [0.2, 0.25) is 0 Å². The molecule has 0 bridgehead atoms. The van der Waals surface area contributed by atoms with Crippen LogP contribution in [0.4, 0.5) is 0 Å². The normalized spacial score (nSPS) is 13.6. The van der Waals surface area contributed by atoms with Crippen LogP contribution in [-0.4, -0.2) is 25.9 Å². The van der Waals surface area contributed by atoms with Crippen LogP contribution in [0.3, 0.4) is 0 Å². The van der Waals surface area contributed by atoms with Crippen LogP contribution in [0.25, 0.3) is 0 Å². The van der Waals surface area contributed by atoms with Crippen molar-refractivity contribution in [3.63, 3.8) is 0 Å². The van der Waals surface area contributed by atoms with Gasteiger partial charge in [0.05, 0.1) is 9.79 Å². The molecule has 2 rings (SSSR count). The summed E-state index contributed by atoms with van der Waals surface area (Å²) in [7, 11) is -8.37. The largest absolute Gasteiger partial charge is 0.294 e. The molecule has 0 aliphatic rings. The summed E-state index contributed by atoms with van der Waals surface area (Å²) in [6, 6.07) is 12.1. The third-order valence-electron chi connectivity index (χ3n) is 3.83. The smallest absolute Gasteiger partial charge is 0.282 e. The minimum absolute atomic E-state index is 0.139. The van der Waals surface area contributed by atoms with E-state index in [9.17, 15) is 16.8 Å². The van der Waals surface area contributed by atoms with E-state index in [0.29, 0.717) is 6.42 Å². The standard InChI is InChI=1S/C16H18O6S2/c1-12(14-6-10-16(11-7-14)24(20,21)22)2-3-13-4-8-15(9-5-13)23(17,18)19/h4-12H,2-3H2,1H3,(H,17,18,19)(H,20,21,22)/t12-/m0/s1. The first-order valence-electron chi connectivity index (χ1n) is 7.21. The number of aryl methyl sites for hydroxylation is 1. The quantitative estimate of drug-likeness (QED) is 0.757. The molecule has 0 radical (unpaired) electrons. The first-order valence-corrected chi connectivity index (χ1v) is 10.1. The molecular formula is C16H18O6S2. The molecule has 2 aromatic rings. The molecule has 0 saturated carbocycles. The van der Waals surface area contributed by atoms with Crippen LogP contribution >= 0.6 is 0 Å². The van der Waals surface area contributed by atoms with Crippen LogP contribution in [-0.2, 0) is 26.7 Å². The summed E-state index contributed by atoms with van der Waals surface area (Å²) >= 11 is 0. The SMILES string of the molecule is C[C@@H](CCc1ccc(S(=O)(=O)O)cc1)c1ccc(S(=O)(=O)O)cc1. The molecule has 8 heteroatoms. The van der Waals surface area contributed by atoms with Crippen molar-refractivity contribution in [3.8, 4) is 0 Å². The first kappa shape index (κ1) is 18.6. The second-order valence-corrected chi connectivity index (χ2v) is 8.45. The average molecular weight is 370 g/mol. The van der Waals surface area contributed by atoms with Crippen molar-refractivity contribution in [2.75, 3.05) is 0 Å². The molecule has 1 atom stereocenters. The van der Waals surface area contributed by atoms with E-state index < -0.39 is 20.2 Å². The Labute approximate surface area is 141 Å². The monoisotopic (exact) mass is 370 g/mol. The van der Waals surface area contributed by atoms with Gasteiger partial charge in [0.1, 0.15) is 0 Å². The summed E-state index contributed by atoms with van der Waals surface area (Å²) < 4.78 is 61.9. The summed E-state index contributed by atoms with van der Waals surface area (Å²) in [4.78, 5) is -0.278. The van der Waals surface area contributed by atoms with Crippen LogP contribution in [0, 0.1) is 0 Å². The van der Waals surface area contributed by atoms with Crippen LogP contribution in [0.1, 0.15) is 30.4 Å². The zero-order chi connectivity index (χ0) is 18.0. The molecule has 2 aromatic carbocycles. The van der Waals surface area contributed by atoms with E-state index >= 15 is 0 Å². The Kier molecular flexibility index (Phi) is 5.44. The highest BCUT2D eigenvalue weighted by Crippen LogP contribution is 2.23. The van der Waals surface area contributed by atoms with Crippen molar-refractivity contribution in [3.05, 3.63) is 59.7 Å². The van der Waals surface area contributed by atoms with Gasteiger partial charge in [-0.25, -0.2) is 0 Å². The second-order valence-electron chi connectivity index (χ2n) is 5.60. The highest BCUT2D eigenvalue weighted by molar-refractivity contribution is 7.86. The highest BCUT2D eigenvalue weighted by atomic mass is 32.2. The van der Waals surface area contributed by atoms with Crippen LogP contribution < -0.4 is 0 Å². The van der Waals surface area contributed by atoms with Crippen molar-refractivity contribution in [2.24, 2.45) is 0 Å². The van der Waals surface area contributed by atoms with Gasteiger partial charge in [-0.1, -0.05) is 31.2 Å². The maximum absolute atomic E-state index is 11.0. The Balaban J connectivity index is 2.01. The number of rotatable bonds is 6. The lowest BCUT2D eigenvalue weighted by atomic mass is 9.94. The van der Waals surface area contributed by atoms with Gasteiger partial charge in [-0.3, -0.25) is 9.11 Å². The molecule has 0 heterocycles. The van der Waals surface area contributed by atoms with Gasteiger partial charge in [0, 0.05) is 0 Å². The van der Waals surface area contributed by atoms with Crippen LogP contribution in [0.15, 0.2) is 58.3 Å². The molecule has 0 unspecified atom stereocenters.